The van der Waals surface area contributed by atoms with Gasteiger partial charge < -0.3 is 14.6 Å². The Morgan fingerprint density at radius 2 is 2.00 bits per heavy atom. The van der Waals surface area contributed by atoms with Crippen molar-refractivity contribution in [1.29, 1.82) is 0 Å². The average molecular weight is 464 g/mol. The minimum atomic E-state index is -1.18. The average Bonchev–Trinajstić information content (AvgIpc) is 3.48. The number of urea groups is 1. The van der Waals surface area contributed by atoms with Gasteiger partial charge in [-0.15, -0.1) is 11.3 Å². The van der Waals surface area contributed by atoms with Crippen LogP contribution in [-0.2, 0) is 23.3 Å². The summed E-state index contributed by atoms with van der Waals surface area (Å²) in [6, 6.07) is 12.7. The Kier molecular flexibility index (Phi) is 5.32. The van der Waals surface area contributed by atoms with Crippen LogP contribution in [0.5, 0.6) is 5.75 Å². The molecule has 1 spiro atoms. The number of aromatic nitrogens is 1. The second kappa shape index (κ2) is 8.19. The van der Waals surface area contributed by atoms with Gasteiger partial charge in [0.2, 0.25) is 0 Å². The van der Waals surface area contributed by atoms with E-state index in [0.717, 1.165) is 29.3 Å². The standard InChI is InChI=1S/C25H25N3O4S/c1-16-14-19(17(2)27(16)11-9-18-6-5-13-33-18)21(29)15-28-23(30)25(26-24(28)31)10-12-32-22-8-4-3-7-20(22)25/h3-8,13-14H,9-12,15H2,1-2H3,(H,26,31). The number of ketones is 1. The largest absolute Gasteiger partial charge is 0.493 e. The summed E-state index contributed by atoms with van der Waals surface area (Å²) in [4.78, 5) is 41.8. The predicted octanol–water partition coefficient (Wildman–Crippen LogP) is 3.82. The molecule has 1 atom stereocenters. The zero-order chi connectivity index (χ0) is 23.2. The first-order chi connectivity index (χ1) is 15.9. The van der Waals surface area contributed by atoms with E-state index in [-0.39, 0.29) is 12.3 Å². The van der Waals surface area contributed by atoms with E-state index < -0.39 is 17.5 Å². The molecule has 1 unspecified atom stereocenters. The van der Waals surface area contributed by atoms with Gasteiger partial charge in [0, 0.05) is 40.4 Å². The fourth-order valence-electron chi connectivity index (χ4n) is 4.85. The van der Waals surface area contributed by atoms with Crippen molar-refractivity contribution in [3.63, 3.8) is 0 Å². The van der Waals surface area contributed by atoms with E-state index in [1.807, 2.05) is 38.1 Å². The summed E-state index contributed by atoms with van der Waals surface area (Å²) < 4.78 is 7.79. The predicted molar refractivity (Wildman–Crippen MR) is 125 cm³/mol. The summed E-state index contributed by atoms with van der Waals surface area (Å²) in [5.74, 6) is -0.0608. The van der Waals surface area contributed by atoms with Gasteiger partial charge in [0.15, 0.2) is 11.3 Å². The number of nitrogens with one attached hydrogen (secondary N) is 1. The summed E-state index contributed by atoms with van der Waals surface area (Å²) in [6.45, 7) is 4.69. The topological polar surface area (TPSA) is 80.6 Å². The molecule has 4 heterocycles. The van der Waals surface area contributed by atoms with Crippen molar-refractivity contribution in [1.82, 2.24) is 14.8 Å². The van der Waals surface area contributed by atoms with Crippen LogP contribution in [0, 0.1) is 13.8 Å². The van der Waals surface area contributed by atoms with Gasteiger partial charge >= 0.3 is 6.03 Å². The van der Waals surface area contributed by atoms with E-state index in [4.69, 9.17) is 4.74 Å². The van der Waals surface area contributed by atoms with E-state index in [1.165, 1.54) is 4.88 Å². The van der Waals surface area contributed by atoms with Crippen molar-refractivity contribution < 1.29 is 19.1 Å². The summed E-state index contributed by atoms with van der Waals surface area (Å²) >= 11 is 1.72. The Morgan fingerprint density at radius 3 is 2.79 bits per heavy atom. The molecule has 8 heteroatoms. The molecular weight excluding hydrogens is 438 g/mol. The number of thiophene rings is 1. The number of amides is 3. The van der Waals surface area contributed by atoms with Crippen molar-refractivity contribution in [2.75, 3.05) is 13.2 Å². The molecule has 2 aliphatic heterocycles. The third kappa shape index (κ3) is 3.54. The maximum absolute atomic E-state index is 13.4. The zero-order valence-electron chi connectivity index (χ0n) is 18.6. The van der Waals surface area contributed by atoms with E-state index in [1.54, 1.807) is 23.5 Å². The number of nitrogens with zero attached hydrogens (tertiary/aromatic N) is 2. The molecule has 33 heavy (non-hydrogen) atoms. The van der Waals surface area contributed by atoms with Crippen LogP contribution in [0.3, 0.4) is 0 Å². The molecule has 3 aromatic rings. The van der Waals surface area contributed by atoms with E-state index >= 15 is 0 Å². The highest BCUT2D eigenvalue weighted by Crippen LogP contribution is 2.41. The molecule has 0 bridgehead atoms. The first kappa shape index (κ1) is 21.5. The number of carbonyl (C=O) groups excluding carboxylic acids is 3. The molecule has 0 aliphatic carbocycles. The molecule has 2 aromatic heterocycles. The number of carbonyl (C=O) groups is 3. The lowest BCUT2D eigenvalue weighted by atomic mass is 9.84. The fraction of sp³-hybridized carbons (Fsp3) is 0.320. The Bertz CT molecular complexity index is 1250. The third-order valence-corrected chi connectivity index (χ3v) is 7.53. The van der Waals surface area contributed by atoms with Crippen LogP contribution in [0.4, 0.5) is 4.79 Å². The van der Waals surface area contributed by atoms with Crippen molar-refractivity contribution in [3.8, 4) is 5.75 Å². The van der Waals surface area contributed by atoms with Crippen LogP contribution in [-0.4, -0.2) is 40.3 Å². The fourth-order valence-corrected chi connectivity index (χ4v) is 5.55. The Hall–Kier alpha value is -3.39. The molecule has 1 saturated heterocycles. The molecular formula is C25H25N3O4S. The number of Topliss-reactive ketones (excluding diaryl/α,β-unsaturated/α-hetero) is 1. The van der Waals surface area contributed by atoms with E-state index in [9.17, 15) is 14.4 Å². The highest BCUT2D eigenvalue weighted by atomic mass is 32.1. The maximum atomic E-state index is 13.4. The molecule has 1 aromatic carbocycles. The second-order valence-corrected chi connectivity index (χ2v) is 9.54. The summed E-state index contributed by atoms with van der Waals surface area (Å²) in [7, 11) is 0. The SMILES string of the molecule is Cc1cc(C(=O)CN2C(=O)NC3(CCOc4ccccc43)C2=O)c(C)n1CCc1cccs1. The van der Waals surface area contributed by atoms with E-state index in [2.05, 4.69) is 21.3 Å². The maximum Gasteiger partial charge on any atom is 0.325 e. The lowest BCUT2D eigenvalue weighted by Crippen LogP contribution is -2.47. The van der Waals surface area contributed by atoms with Crippen LogP contribution < -0.4 is 10.1 Å². The van der Waals surface area contributed by atoms with Gasteiger partial charge in [-0.05, 0) is 43.8 Å². The van der Waals surface area contributed by atoms with Crippen LogP contribution in [0.15, 0.2) is 47.8 Å². The van der Waals surface area contributed by atoms with Gasteiger partial charge in [-0.25, -0.2) is 4.79 Å². The van der Waals surface area contributed by atoms with Crippen molar-refractivity contribution >= 4 is 29.1 Å². The Labute approximate surface area is 196 Å². The Balaban J connectivity index is 1.36. The number of hydrogen-bond acceptors (Lipinski definition) is 5. The van der Waals surface area contributed by atoms with Crippen molar-refractivity contribution in [2.45, 2.75) is 38.8 Å². The summed E-state index contributed by atoms with van der Waals surface area (Å²) in [5, 5.41) is 4.91. The zero-order valence-corrected chi connectivity index (χ0v) is 19.4. The van der Waals surface area contributed by atoms with Crippen LogP contribution in [0.25, 0.3) is 0 Å². The molecule has 0 saturated carbocycles. The number of ether oxygens (including phenoxy) is 1. The number of para-hydroxylation sites is 1. The number of rotatable bonds is 6. The third-order valence-electron chi connectivity index (χ3n) is 6.59. The van der Waals surface area contributed by atoms with Gasteiger partial charge in [-0.3, -0.25) is 14.5 Å². The van der Waals surface area contributed by atoms with Gasteiger partial charge in [-0.1, -0.05) is 24.3 Å². The van der Waals surface area contributed by atoms with Crippen LogP contribution in [0.1, 0.15) is 38.6 Å². The van der Waals surface area contributed by atoms with Crippen molar-refractivity contribution in [2.24, 2.45) is 0 Å². The van der Waals surface area contributed by atoms with Gasteiger partial charge in [0.05, 0.1) is 13.2 Å². The van der Waals surface area contributed by atoms with Gasteiger partial charge in [0.1, 0.15) is 5.75 Å². The summed E-state index contributed by atoms with van der Waals surface area (Å²) in [5.41, 5.74) is 1.85. The van der Waals surface area contributed by atoms with Crippen LogP contribution in [0.2, 0.25) is 0 Å². The molecule has 7 nitrogen and oxygen atoms in total. The smallest absolute Gasteiger partial charge is 0.325 e. The lowest BCUT2D eigenvalue weighted by Gasteiger charge is -2.33. The first-order valence-electron chi connectivity index (χ1n) is 11.0. The molecule has 5 rings (SSSR count). The highest BCUT2D eigenvalue weighted by molar-refractivity contribution is 7.09. The molecule has 1 N–H and O–H groups in total. The lowest BCUT2D eigenvalue weighted by molar-refractivity contribution is -0.132. The number of imide groups is 1. The Morgan fingerprint density at radius 1 is 1.18 bits per heavy atom. The molecule has 3 amide bonds. The molecule has 2 aliphatic rings. The highest BCUT2D eigenvalue weighted by Gasteiger charge is 2.55. The normalized spacial score (nSPS) is 19.5. The minimum Gasteiger partial charge on any atom is -0.493 e. The molecule has 0 radical (unpaired) electrons. The molecule has 1 fully saturated rings. The number of benzene rings is 1. The van der Waals surface area contributed by atoms with Crippen molar-refractivity contribution in [3.05, 3.63) is 75.2 Å². The van der Waals surface area contributed by atoms with E-state index in [0.29, 0.717) is 29.9 Å². The van der Waals surface area contributed by atoms with Gasteiger partial charge in [0.25, 0.3) is 5.91 Å². The van der Waals surface area contributed by atoms with Gasteiger partial charge in [-0.2, -0.15) is 0 Å². The second-order valence-electron chi connectivity index (χ2n) is 8.51. The summed E-state index contributed by atoms with van der Waals surface area (Å²) in [6.07, 6.45) is 1.22. The minimum absolute atomic E-state index is 0.244. The first-order valence-corrected chi connectivity index (χ1v) is 11.9. The molecule has 170 valence electrons. The number of fused-ring (bicyclic) bond motifs is 2. The number of aryl methyl sites for hydroxylation is 2. The van der Waals surface area contributed by atoms with Crippen LogP contribution >= 0.6 is 11.3 Å². The number of hydrogen-bond donors (Lipinski definition) is 1. The quantitative estimate of drug-likeness (QED) is 0.445. The monoisotopic (exact) mass is 463 g/mol.